The number of nitrogens with one attached hydrogen (secondary N) is 1. The number of nitrogens with two attached hydrogens (primary N) is 1. The van der Waals surface area contributed by atoms with Crippen molar-refractivity contribution in [1.82, 2.24) is 10.3 Å². The molecular weight excluding hydrogens is 234 g/mol. The van der Waals surface area contributed by atoms with Crippen LogP contribution < -0.4 is 11.1 Å². The number of nitrogen functional groups attached to an aromatic ring is 1. The van der Waals surface area contributed by atoms with Crippen LogP contribution >= 0.6 is 0 Å². The molecule has 98 valence electrons. The summed E-state index contributed by atoms with van der Waals surface area (Å²) in [6.45, 7) is 2.04. The molecule has 2 heterocycles. The molecule has 0 aliphatic carbocycles. The van der Waals surface area contributed by atoms with Crippen molar-refractivity contribution < 1.29 is 0 Å². The molecule has 1 aromatic carbocycles. The molecule has 3 rings (SSSR count). The molecule has 0 saturated carbocycles. The second-order valence-corrected chi connectivity index (χ2v) is 5.06. The second kappa shape index (κ2) is 5.41. The Bertz CT molecular complexity index is 578. The van der Waals surface area contributed by atoms with Crippen molar-refractivity contribution >= 4 is 5.69 Å². The number of aryl methyl sites for hydroxylation is 1. The number of hydrogen-bond acceptors (Lipinski definition) is 3. The van der Waals surface area contributed by atoms with Gasteiger partial charge in [-0.25, -0.2) is 0 Å². The van der Waals surface area contributed by atoms with Crippen LogP contribution in [0.1, 0.15) is 24.1 Å². The Morgan fingerprint density at radius 1 is 1.11 bits per heavy atom. The van der Waals surface area contributed by atoms with E-state index in [4.69, 9.17) is 10.7 Å². The monoisotopic (exact) mass is 253 g/mol. The topological polar surface area (TPSA) is 50.9 Å². The lowest BCUT2D eigenvalue weighted by molar-refractivity contribution is 0.591. The molecule has 0 fully saturated rings. The van der Waals surface area contributed by atoms with Crippen LogP contribution in [0.3, 0.4) is 0 Å². The van der Waals surface area contributed by atoms with Crippen molar-refractivity contribution in [3.05, 3.63) is 47.7 Å². The Kier molecular flexibility index (Phi) is 3.47. The number of aromatic nitrogens is 1. The first-order valence-electron chi connectivity index (χ1n) is 6.88. The molecule has 3 N–H and O–H groups in total. The van der Waals surface area contributed by atoms with E-state index in [1.165, 1.54) is 24.1 Å². The number of pyridine rings is 1. The first-order chi connectivity index (χ1) is 9.33. The van der Waals surface area contributed by atoms with Crippen molar-refractivity contribution in [3.8, 4) is 11.3 Å². The van der Waals surface area contributed by atoms with Crippen LogP contribution in [0, 0.1) is 0 Å². The Morgan fingerprint density at radius 3 is 2.95 bits per heavy atom. The minimum Gasteiger partial charge on any atom is -0.399 e. The van der Waals surface area contributed by atoms with E-state index in [1.807, 2.05) is 18.2 Å². The van der Waals surface area contributed by atoms with E-state index in [9.17, 15) is 0 Å². The van der Waals surface area contributed by atoms with Gasteiger partial charge in [0.2, 0.25) is 0 Å². The van der Waals surface area contributed by atoms with Gasteiger partial charge in [-0.05, 0) is 49.6 Å². The second-order valence-electron chi connectivity index (χ2n) is 5.06. The van der Waals surface area contributed by atoms with E-state index >= 15 is 0 Å². The molecule has 1 aliphatic rings. The highest BCUT2D eigenvalue weighted by molar-refractivity contribution is 5.64. The predicted molar refractivity (Wildman–Crippen MR) is 78.7 cm³/mol. The maximum Gasteiger partial charge on any atom is 0.0706 e. The lowest BCUT2D eigenvalue weighted by Crippen LogP contribution is -2.19. The van der Waals surface area contributed by atoms with Crippen LogP contribution in [-0.2, 0) is 13.0 Å². The van der Waals surface area contributed by atoms with Crippen molar-refractivity contribution in [2.75, 3.05) is 12.3 Å². The van der Waals surface area contributed by atoms with Gasteiger partial charge in [-0.3, -0.25) is 4.98 Å². The van der Waals surface area contributed by atoms with Gasteiger partial charge in [-0.2, -0.15) is 0 Å². The normalized spacial score (nSPS) is 15.4. The van der Waals surface area contributed by atoms with E-state index in [0.717, 1.165) is 36.5 Å². The van der Waals surface area contributed by atoms with E-state index < -0.39 is 0 Å². The number of fused-ring (bicyclic) bond motifs is 1. The summed E-state index contributed by atoms with van der Waals surface area (Å²) < 4.78 is 0. The summed E-state index contributed by atoms with van der Waals surface area (Å²) >= 11 is 0. The molecule has 1 aliphatic heterocycles. The van der Waals surface area contributed by atoms with Crippen LogP contribution in [0.5, 0.6) is 0 Å². The SMILES string of the molecule is Nc1cccc(-c2ccc3c(n2)CCCCNC3)c1. The summed E-state index contributed by atoms with van der Waals surface area (Å²) in [5.74, 6) is 0. The number of rotatable bonds is 1. The zero-order chi connectivity index (χ0) is 13.1. The lowest BCUT2D eigenvalue weighted by atomic mass is 10.0. The summed E-state index contributed by atoms with van der Waals surface area (Å²) in [5.41, 5.74) is 11.3. The number of hydrogen-bond donors (Lipinski definition) is 2. The number of nitrogens with zero attached hydrogens (tertiary/aromatic N) is 1. The van der Waals surface area contributed by atoms with Gasteiger partial charge in [-0.1, -0.05) is 18.2 Å². The fraction of sp³-hybridized carbons (Fsp3) is 0.312. The van der Waals surface area contributed by atoms with Crippen molar-refractivity contribution in [2.24, 2.45) is 0 Å². The highest BCUT2D eigenvalue weighted by Crippen LogP contribution is 2.22. The van der Waals surface area contributed by atoms with Crippen molar-refractivity contribution in [1.29, 1.82) is 0 Å². The molecule has 3 heteroatoms. The highest BCUT2D eigenvalue weighted by Gasteiger charge is 2.09. The van der Waals surface area contributed by atoms with Gasteiger partial charge in [0.05, 0.1) is 5.69 Å². The quantitative estimate of drug-likeness (QED) is 0.768. The minimum atomic E-state index is 0.785. The first-order valence-corrected chi connectivity index (χ1v) is 6.88. The van der Waals surface area contributed by atoms with Gasteiger partial charge in [-0.15, -0.1) is 0 Å². The number of anilines is 1. The zero-order valence-electron chi connectivity index (χ0n) is 11.0. The van der Waals surface area contributed by atoms with E-state index in [0.29, 0.717) is 0 Å². The van der Waals surface area contributed by atoms with Crippen molar-refractivity contribution in [2.45, 2.75) is 25.8 Å². The summed E-state index contributed by atoms with van der Waals surface area (Å²) in [4.78, 5) is 4.83. The molecule has 0 saturated heterocycles. The summed E-state index contributed by atoms with van der Waals surface area (Å²) in [6, 6.07) is 12.2. The van der Waals surface area contributed by atoms with Crippen LogP contribution in [0.2, 0.25) is 0 Å². The van der Waals surface area contributed by atoms with Crippen LogP contribution in [-0.4, -0.2) is 11.5 Å². The summed E-state index contributed by atoms with van der Waals surface area (Å²) in [5, 5.41) is 3.45. The van der Waals surface area contributed by atoms with E-state index in [1.54, 1.807) is 0 Å². The lowest BCUT2D eigenvalue weighted by Gasteiger charge is -2.15. The fourth-order valence-corrected chi connectivity index (χ4v) is 2.53. The number of benzene rings is 1. The molecule has 0 atom stereocenters. The molecule has 0 spiro atoms. The maximum atomic E-state index is 5.84. The third-order valence-electron chi connectivity index (χ3n) is 3.58. The zero-order valence-corrected chi connectivity index (χ0v) is 11.0. The first kappa shape index (κ1) is 12.2. The largest absolute Gasteiger partial charge is 0.399 e. The van der Waals surface area contributed by atoms with Gasteiger partial charge in [0.1, 0.15) is 0 Å². The van der Waals surface area contributed by atoms with Crippen LogP contribution in [0.4, 0.5) is 5.69 Å². The fourth-order valence-electron chi connectivity index (χ4n) is 2.53. The molecule has 1 aromatic heterocycles. The van der Waals surface area contributed by atoms with Gasteiger partial charge >= 0.3 is 0 Å². The average Bonchev–Trinajstić information content (AvgIpc) is 2.39. The predicted octanol–water partition coefficient (Wildman–Crippen LogP) is 2.76. The summed E-state index contributed by atoms with van der Waals surface area (Å²) in [6.07, 6.45) is 3.50. The van der Waals surface area contributed by atoms with Gasteiger partial charge in [0, 0.05) is 23.5 Å². The van der Waals surface area contributed by atoms with Gasteiger partial charge in [0.25, 0.3) is 0 Å². The third kappa shape index (κ3) is 2.76. The maximum absolute atomic E-state index is 5.84. The highest BCUT2D eigenvalue weighted by atomic mass is 14.9. The Morgan fingerprint density at radius 2 is 2.05 bits per heavy atom. The van der Waals surface area contributed by atoms with E-state index in [2.05, 4.69) is 23.5 Å². The van der Waals surface area contributed by atoms with Gasteiger partial charge in [0.15, 0.2) is 0 Å². The molecule has 0 radical (unpaired) electrons. The van der Waals surface area contributed by atoms with Gasteiger partial charge < -0.3 is 11.1 Å². The molecule has 0 amide bonds. The molecule has 0 unspecified atom stereocenters. The molecule has 0 bridgehead atoms. The Labute approximate surface area is 113 Å². The molecule has 3 nitrogen and oxygen atoms in total. The Balaban J connectivity index is 1.97. The third-order valence-corrected chi connectivity index (χ3v) is 3.58. The van der Waals surface area contributed by atoms with Crippen LogP contribution in [0.15, 0.2) is 36.4 Å². The van der Waals surface area contributed by atoms with Crippen LogP contribution in [0.25, 0.3) is 11.3 Å². The van der Waals surface area contributed by atoms with Crippen molar-refractivity contribution in [3.63, 3.8) is 0 Å². The summed E-state index contributed by atoms with van der Waals surface area (Å²) in [7, 11) is 0. The average molecular weight is 253 g/mol. The standard InChI is InChI=1S/C16H19N3/c17-14-5-3-4-12(10-14)16-8-7-13-11-18-9-2-1-6-15(13)19-16/h3-5,7-8,10,18H,1-2,6,9,11,17H2. The molecule has 2 aromatic rings. The smallest absolute Gasteiger partial charge is 0.0706 e. The molecular formula is C16H19N3. The van der Waals surface area contributed by atoms with E-state index in [-0.39, 0.29) is 0 Å². The molecule has 19 heavy (non-hydrogen) atoms. The minimum absolute atomic E-state index is 0.785. The Hall–Kier alpha value is -1.87.